The van der Waals surface area contributed by atoms with Crippen molar-refractivity contribution in [3.05, 3.63) is 29.6 Å². The second-order valence-corrected chi connectivity index (χ2v) is 3.90. The van der Waals surface area contributed by atoms with Gasteiger partial charge in [0.25, 0.3) is 0 Å². The number of aliphatic hydroxyl groups excluding tert-OH is 1. The predicted octanol–water partition coefficient (Wildman–Crippen LogP) is 1.36. The fourth-order valence-electron chi connectivity index (χ4n) is 2.01. The molecule has 1 atom stereocenters. The lowest BCUT2D eigenvalue weighted by Crippen LogP contribution is -2.11. The molecule has 3 N–H and O–H groups in total. The Morgan fingerprint density at radius 1 is 1.50 bits per heavy atom. The smallest absolute Gasteiger partial charge is 0.106 e. The van der Waals surface area contributed by atoms with Crippen molar-refractivity contribution in [3.63, 3.8) is 0 Å². The third-order valence-corrected chi connectivity index (χ3v) is 2.89. The molecule has 1 aromatic heterocycles. The molecule has 0 aliphatic rings. The molecule has 0 saturated heterocycles. The summed E-state index contributed by atoms with van der Waals surface area (Å²) >= 11 is 0. The van der Waals surface area contributed by atoms with Gasteiger partial charge in [-0.3, -0.25) is 0 Å². The van der Waals surface area contributed by atoms with E-state index in [0.717, 1.165) is 29.0 Å². The first-order chi connectivity index (χ1) is 7.67. The number of nitrogens with zero attached hydrogens (tertiary/aromatic N) is 2. The first-order valence-electron chi connectivity index (χ1n) is 5.52. The molecule has 0 amide bonds. The Kier molecular flexibility index (Phi) is 2.94. The van der Waals surface area contributed by atoms with Crippen LogP contribution >= 0.6 is 0 Å². The molecule has 2 rings (SSSR count). The van der Waals surface area contributed by atoms with Crippen LogP contribution in [0.4, 0.5) is 0 Å². The third kappa shape index (κ3) is 1.70. The highest BCUT2D eigenvalue weighted by molar-refractivity contribution is 5.77. The van der Waals surface area contributed by atoms with Crippen molar-refractivity contribution >= 4 is 11.0 Å². The lowest BCUT2D eigenvalue weighted by molar-refractivity contribution is 0.187. The highest BCUT2D eigenvalue weighted by Crippen LogP contribution is 2.20. The maximum atomic E-state index is 9.66. The number of nitrogens with two attached hydrogens (primary N) is 1. The first-order valence-corrected chi connectivity index (χ1v) is 5.52. The van der Waals surface area contributed by atoms with E-state index in [0.29, 0.717) is 0 Å². The zero-order chi connectivity index (χ0) is 11.7. The van der Waals surface area contributed by atoms with Gasteiger partial charge in [0.15, 0.2) is 0 Å². The number of imidazole rings is 1. The molecule has 0 aliphatic heterocycles. The normalized spacial score (nSPS) is 13.2. The summed E-state index contributed by atoms with van der Waals surface area (Å²) in [7, 11) is 0. The van der Waals surface area contributed by atoms with Crippen LogP contribution in [-0.4, -0.2) is 21.2 Å². The van der Waals surface area contributed by atoms with Crippen LogP contribution in [0.2, 0.25) is 0 Å². The van der Waals surface area contributed by atoms with E-state index < -0.39 is 6.10 Å². The molecular weight excluding hydrogens is 202 g/mol. The number of aliphatic hydroxyl groups is 1. The highest BCUT2D eigenvalue weighted by atomic mass is 16.3. The van der Waals surface area contributed by atoms with E-state index in [1.165, 1.54) is 0 Å². The van der Waals surface area contributed by atoms with Crippen molar-refractivity contribution in [2.45, 2.75) is 26.5 Å². The molecule has 0 radical (unpaired) electrons. The van der Waals surface area contributed by atoms with Crippen LogP contribution in [0.25, 0.3) is 11.0 Å². The Hall–Kier alpha value is -1.39. The topological polar surface area (TPSA) is 64.1 Å². The van der Waals surface area contributed by atoms with Gasteiger partial charge < -0.3 is 15.4 Å². The molecule has 1 unspecified atom stereocenters. The van der Waals surface area contributed by atoms with E-state index in [4.69, 9.17) is 5.73 Å². The van der Waals surface area contributed by atoms with Gasteiger partial charge in [0.2, 0.25) is 0 Å². The van der Waals surface area contributed by atoms with Crippen LogP contribution in [0.15, 0.2) is 18.2 Å². The summed E-state index contributed by atoms with van der Waals surface area (Å²) in [6.45, 7) is 5.22. The second kappa shape index (κ2) is 4.23. The van der Waals surface area contributed by atoms with Crippen molar-refractivity contribution in [3.8, 4) is 0 Å². The third-order valence-electron chi connectivity index (χ3n) is 2.89. The lowest BCUT2D eigenvalue weighted by atomic mass is 10.1. The number of aromatic nitrogens is 2. The number of fused-ring (bicyclic) bond motifs is 1. The zero-order valence-electron chi connectivity index (χ0n) is 9.64. The molecule has 86 valence electrons. The van der Waals surface area contributed by atoms with Gasteiger partial charge in [-0.05, 0) is 31.5 Å². The van der Waals surface area contributed by atoms with Crippen molar-refractivity contribution in [1.29, 1.82) is 0 Å². The minimum Gasteiger partial charge on any atom is -0.387 e. The molecule has 2 aromatic rings. The Morgan fingerprint density at radius 3 is 2.88 bits per heavy atom. The van der Waals surface area contributed by atoms with Crippen LogP contribution in [0.1, 0.15) is 24.4 Å². The molecule has 1 heterocycles. The summed E-state index contributed by atoms with van der Waals surface area (Å²) in [5.74, 6) is 0.997. The molecule has 4 heteroatoms. The molecule has 1 aromatic carbocycles. The Bertz CT molecular complexity index is 504. The van der Waals surface area contributed by atoms with Gasteiger partial charge in [-0.25, -0.2) is 4.98 Å². The van der Waals surface area contributed by atoms with E-state index in [-0.39, 0.29) is 6.54 Å². The van der Waals surface area contributed by atoms with Gasteiger partial charge in [0, 0.05) is 13.1 Å². The van der Waals surface area contributed by atoms with Crippen molar-refractivity contribution in [2.75, 3.05) is 6.54 Å². The standard InChI is InChI=1S/C12H17N3O/c1-3-15-8(2)14-10-6-9(12(16)7-13)4-5-11(10)15/h4-6,12,16H,3,7,13H2,1-2H3. The summed E-state index contributed by atoms with van der Waals surface area (Å²) in [4.78, 5) is 4.47. The van der Waals surface area contributed by atoms with E-state index in [9.17, 15) is 5.11 Å². The minimum atomic E-state index is -0.600. The highest BCUT2D eigenvalue weighted by Gasteiger charge is 2.10. The van der Waals surface area contributed by atoms with Gasteiger partial charge in [-0.2, -0.15) is 0 Å². The average molecular weight is 219 g/mol. The average Bonchev–Trinajstić information content (AvgIpc) is 2.62. The minimum absolute atomic E-state index is 0.235. The maximum absolute atomic E-state index is 9.66. The second-order valence-electron chi connectivity index (χ2n) is 3.90. The summed E-state index contributed by atoms with van der Waals surface area (Å²) in [5, 5.41) is 9.66. The van der Waals surface area contributed by atoms with Gasteiger partial charge in [0.05, 0.1) is 17.1 Å². The molecule has 0 saturated carbocycles. The van der Waals surface area contributed by atoms with Crippen molar-refractivity contribution < 1.29 is 5.11 Å². The van der Waals surface area contributed by atoms with Crippen molar-refractivity contribution in [2.24, 2.45) is 5.73 Å². The van der Waals surface area contributed by atoms with Crippen LogP contribution < -0.4 is 5.73 Å². The first kappa shape index (κ1) is 11.1. The van der Waals surface area contributed by atoms with E-state index in [1.807, 2.05) is 25.1 Å². The summed E-state index contributed by atoms with van der Waals surface area (Å²) in [6.07, 6.45) is -0.600. The monoisotopic (exact) mass is 219 g/mol. The largest absolute Gasteiger partial charge is 0.387 e. The Balaban J connectivity index is 2.55. The number of hydrogen-bond donors (Lipinski definition) is 2. The fourth-order valence-corrected chi connectivity index (χ4v) is 2.01. The summed E-state index contributed by atoms with van der Waals surface area (Å²) < 4.78 is 2.15. The molecular formula is C12H17N3O. The van der Waals surface area contributed by atoms with E-state index in [2.05, 4.69) is 16.5 Å². The molecule has 0 spiro atoms. The molecule has 4 nitrogen and oxygen atoms in total. The fraction of sp³-hybridized carbons (Fsp3) is 0.417. The van der Waals surface area contributed by atoms with Gasteiger partial charge in [-0.1, -0.05) is 6.07 Å². The summed E-state index contributed by atoms with van der Waals surface area (Å²) in [6, 6.07) is 5.81. The lowest BCUT2D eigenvalue weighted by Gasteiger charge is -2.08. The van der Waals surface area contributed by atoms with Crippen LogP contribution in [0.5, 0.6) is 0 Å². The number of hydrogen-bond acceptors (Lipinski definition) is 3. The van der Waals surface area contributed by atoms with Gasteiger partial charge in [-0.15, -0.1) is 0 Å². The predicted molar refractivity (Wildman–Crippen MR) is 64.2 cm³/mol. The number of rotatable bonds is 3. The number of aryl methyl sites for hydroxylation is 2. The molecule has 0 aliphatic carbocycles. The molecule has 0 bridgehead atoms. The van der Waals surface area contributed by atoms with Crippen LogP contribution in [0, 0.1) is 6.92 Å². The maximum Gasteiger partial charge on any atom is 0.106 e. The Morgan fingerprint density at radius 2 is 2.25 bits per heavy atom. The van der Waals surface area contributed by atoms with Crippen molar-refractivity contribution in [1.82, 2.24) is 9.55 Å². The quantitative estimate of drug-likeness (QED) is 0.819. The summed E-state index contributed by atoms with van der Waals surface area (Å²) in [5.41, 5.74) is 8.29. The van der Waals surface area contributed by atoms with E-state index >= 15 is 0 Å². The van der Waals surface area contributed by atoms with Crippen LogP contribution in [-0.2, 0) is 6.54 Å². The Labute approximate surface area is 94.7 Å². The molecule has 16 heavy (non-hydrogen) atoms. The zero-order valence-corrected chi connectivity index (χ0v) is 9.64. The van der Waals surface area contributed by atoms with E-state index in [1.54, 1.807) is 0 Å². The van der Waals surface area contributed by atoms with Gasteiger partial charge >= 0.3 is 0 Å². The van der Waals surface area contributed by atoms with Crippen LogP contribution in [0.3, 0.4) is 0 Å². The SMILES string of the molecule is CCn1c(C)nc2cc(C(O)CN)ccc21. The van der Waals surface area contributed by atoms with Gasteiger partial charge in [0.1, 0.15) is 5.82 Å². The molecule has 0 fully saturated rings. The number of benzene rings is 1.